The summed E-state index contributed by atoms with van der Waals surface area (Å²) in [4.78, 5) is 48.3. The summed E-state index contributed by atoms with van der Waals surface area (Å²) < 4.78 is 7.20. The highest BCUT2D eigenvalue weighted by Gasteiger charge is 2.29. The molecule has 2 saturated heterocycles. The summed E-state index contributed by atoms with van der Waals surface area (Å²) in [7, 11) is 0. The van der Waals surface area contributed by atoms with Gasteiger partial charge in [-0.1, -0.05) is 86.6 Å². The maximum Gasteiger partial charge on any atom is 0.238 e. The van der Waals surface area contributed by atoms with E-state index in [1.165, 1.54) is 11.1 Å². The second-order valence-corrected chi connectivity index (χ2v) is 16.3. The summed E-state index contributed by atoms with van der Waals surface area (Å²) in [5, 5.41) is 10.9. The van der Waals surface area contributed by atoms with E-state index in [9.17, 15) is 14.4 Å². The number of amides is 2. The zero-order chi connectivity index (χ0) is 39.0. The van der Waals surface area contributed by atoms with Crippen LogP contribution in [0.3, 0.4) is 0 Å². The molecule has 5 heterocycles. The molecule has 8 rings (SSSR count). The lowest BCUT2D eigenvalue weighted by atomic mass is 9.86. The van der Waals surface area contributed by atoms with Gasteiger partial charge in [-0.3, -0.25) is 24.6 Å². The monoisotopic (exact) mass is 749 g/mol. The molecule has 2 fully saturated rings. The van der Waals surface area contributed by atoms with Crippen molar-refractivity contribution in [2.24, 2.45) is 0 Å². The van der Waals surface area contributed by atoms with Gasteiger partial charge in [0.1, 0.15) is 6.33 Å². The molecule has 2 aliphatic rings. The average molecular weight is 750 g/mol. The summed E-state index contributed by atoms with van der Waals surface area (Å²) in [5.41, 5.74) is 10.4. The third kappa shape index (κ3) is 7.95. The number of nitrogens with zero attached hydrogens (tertiary/aromatic N) is 6. The fourth-order valence-electron chi connectivity index (χ4n) is 7.98. The van der Waals surface area contributed by atoms with Crippen LogP contribution in [0.25, 0.3) is 27.9 Å². The van der Waals surface area contributed by atoms with Crippen LogP contribution in [0.4, 0.5) is 0 Å². The summed E-state index contributed by atoms with van der Waals surface area (Å²) >= 11 is 0. The number of nitrogens with one attached hydrogen (secondary N) is 1. The van der Waals surface area contributed by atoms with Crippen LogP contribution < -0.4 is 5.32 Å². The van der Waals surface area contributed by atoms with E-state index in [-0.39, 0.29) is 34.8 Å². The van der Waals surface area contributed by atoms with Crippen LogP contribution in [0.1, 0.15) is 109 Å². The minimum atomic E-state index is -0.310. The van der Waals surface area contributed by atoms with Crippen LogP contribution in [0.2, 0.25) is 0 Å². The van der Waals surface area contributed by atoms with Crippen molar-refractivity contribution in [1.82, 2.24) is 35.0 Å². The van der Waals surface area contributed by atoms with Crippen LogP contribution in [-0.4, -0.2) is 60.3 Å². The minimum Gasteiger partial charge on any atom is -0.338 e. The fourth-order valence-corrected chi connectivity index (χ4v) is 7.98. The standard InChI is InChI=1S/C45H47N7O4/c1-28-22-34(16-11-30(28)17-19-39(53)42-49-44(56-50-42)45(2,3)4)41-38-23-36(26-52(38)47-27-46-41)32-9-7-29(8-10-32)24-51-21-5-6-35(25-51)31-12-14-33(15-13-31)37-18-20-40(54)48-43(37)55/h7-16,22-23,26-27,35,37H,5-6,17-21,24-25H2,1-4H3,(H,48,54,55). The molecule has 6 aromatic rings. The number of ketones is 1. The zero-order valence-electron chi connectivity index (χ0n) is 32.4. The Labute approximate surface area is 326 Å². The molecular formula is C45H47N7O4. The van der Waals surface area contributed by atoms with E-state index in [2.05, 4.69) is 110 Å². The molecule has 1 N–H and O–H groups in total. The van der Waals surface area contributed by atoms with Crippen molar-refractivity contribution in [3.05, 3.63) is 125 Å². The smallest absolute Gasteiger partial charge is 0.238 e. The number of imide groups is 1. The summed E-state index contributed by atoms with van der Waals surface area (Å²) in [6.45, 7) is 10.9. The third-order valence-electron chi connectivity index (χ3n) is 11.2. The van der Waals surface area contributed by atoms with Crippen molar-refractivity contribution >= 4 is 23.1 Å². The Hall–Kier alpha value is -5.81. The van der Waals surface area contributed by atoms with E-state index in [1.54, 1.807) is 6.33 Å². The zero-order valence-corrected chi connectivity index (χ0v) is 32.4. The molecule has 3 aromatic carbocycles. The first-order chi connectivity index (χ1) is 27.0. The van der Waals surface area contributed by atoms with Gasteiger partial charge in [0.05, 0.1) is 17.1 Å². The number of carbonyl (C=O) groups excluding carboxylic acids is 3. The highest BCUT2D eigenvalue weighted by Crippen LogP contribution is 2.33. The topological polar surface area (TPSA) is 136 Å². The van der Waals surface area contributed by atoms with E-state index in [4.69, 9.17) is 4.52 Å². The van der Waals surface area contributed by atoms with E-state index in [0.717, 1.165) is 77.1 Å². The van der Waals surface area contributed by atoms with Gasteiger partial charge in [-0.05, 0) is 90.6 Å². The number of hydrogen-bond acceptors (Lipinski definition) is 9. The largest absolute Gasteiger partial charge is 0.338 e. The highest BCUT2D eigenvalue weighted by molar-refractivity contribution is 6.01. The summed E-state index contributed by atoms with van der Waals surface area (Å²) in [5.74, 6) is 0.281. The van der Waals surface area contributed by atoms with Crippen LogP contribution in [0, 0.1) is 6.92 Å². The Morgan fingerprint density at radius 2 is 1.70 bits per heavy atom. The second-order valence-electron chi connectivity index (χ2n) is 16.3. The van der Waals surface area contributed by atoms with Gasteiger partial charge in [0.2, 0.25) is 29.3 Å². The number of aromatic nitrogens is 5. The molecule has 2 atom stereocenters. The van der Waals surface area contributed by atoms with Crippen molar-refractivity contribution in [2.75, 3.05) is 13.1 Å². The van der Waals surface area contributed by atoms with Crippen molar-refractivity contribution in [3.63, 3.8) is 0 Å². The molecule has 2 aliphatic heterocycles. The number of fused-ring (bicyclic) bond motifs is 1. The second kappa shape index (κ2) is 15.4. The minimum absolute atomic E-state index is 0.133. The predicted molar refractivity (Wildman–Crippen MR) is 213 cm³/mol. The Bertz CT molecular complexity index is 2410. The van der Waals surface area contributed by atoms with Gasteiger partial charge in [0, 0.05) is 48.7 Å². The molecule has 286 valence electrons. The highest BCUT2D eigenvalue weighted by atomic mass is 16.5. The quantitative estimate of drug-likeness (QED) is 0.110. The number of hydrogen-bond donors (Lipinski definition) is 1. The van der Waals surface area contributed by atoms with E-state index in [1.807, 2.05) is 31.5 Å². The normalized spacial score (nSPS) is 18.0. The first-order valence-electron chi connectivity index (χ1n) is 19.5. The summed E-state index contributed by atoms with van der Waals surface area (Å²) in [6.07, 6.45) is 7.76. The molecule has 0 radical (unpaired) electrons. The maximum atomic E-state index is 12.8. The van der Waals surface area contributed by atoms with Crippen LogP contribution in [0.15, 0.2) is 89.8 Å². The lowest BCUT2D eigenvalue weighted by Crippen LogP contribution is -2.39. The van der Waals surface area contributed by atoms with Crippen molar-refractivity contribution in [1.29, 1.82) is 0 Å². The molecule has 0 saturated carbocycles. The van der Waals surface area contributed by atoms with Gasteiger partial charge in [-0.15, -0.1) is 0 Å². The van der Waals surface area contributed by atoms with Gasteiger partial charge in [0.15, 0.2) is 0 Å². The first-order valence-corrected chi connectivity index (χ1v) is 19.5. The lowest BCUT2D eigenvalue weighted by Gasteiger charge is -2.33. The third-order valence-corrected chi connectivity index (χ3v) is 11.2. The number of likely N-dealkylation sites (tertiary alicyclic amines) is 1. The van der Waals surface area contributed by atoms with E-state index < -0.39 is 0 Å². The maximum absolute atomic E-state index is 12.8. The first kappa shape index (κ1) is 37.1. The molecule has 56 heavy (non-hydrogen) atoms. The average Bonchev–Trinajstić information content (AvgIpc) is 3.87. The van der Waals surface area contributed by atoms with E-state index in [0.29, 0.717) is 37.5 Å². The molecule has 0 aliphatic carbocycles. The van der Waals surface area contributed by atoms with Crippen LogP contribution in [0.5, 0.6) is 0 Å². The van der Waals surface area contributed by atoms with Crippen LogP contribution in [-0.2, 0) is 28.0 Å². The predicted octanol–water partition coefficient (Wildman–Crippen LogP) is 7.77. The number of rotatable bonds is 10. The molecule has 11 heteroatoms. The molecule has 2 unspecified atom stereocenters. The molecule has 2 amide bonds. The lowest BCUT2D eigenvalue weighted by molar-refractivity contribution is -0.134. The fraction of sp³-hybridized carbons (Fsp3) is 0.356. The van der Waals surface area contributed by atoms with Gasteiger partial charge < -0.3 is 4.52 Å². The Balaban J connectivity index is 0.902. The number of benzene rings is 3. The number of carbonyl (C=O) groups is 3. The number of piperidine rings is 2. The SMILES string of the molecule is Cc1cc(-c2ncnn3cc(-c4ccc(CN5CCCC(c6ccc(C7CCC(=O)NC7=O)cc6)C5)cc4)cc23)ccc1CCC(=O)c1noc(C(C)(C)C)n1. The van der Waals surface area contributed by atoms with Gasteiger partial charge in [0.25, 0.3) is 0 Å². The number of Topliss-reactive ketones (excluding diaryl/α,β-unsaturated/α-hetero) is 1. The Morgan fingerprint density at radius 3 is 2.43 bits per heavy atom. The number of aryl methyl sites for hydroxylation is 2. The molecular weight excluding hydrogens is 703 g/mol. The Morgan fingerprint density at radius 1 is 0.929 bits per heavy atom. The van der Waals surface area contributed by atoms with Crippen molar-refractivity contribution < 1.29 is 18.9 Å². The van der Waals surface area contributed by atoms with Crippen molar-refractivity contribution in [3.8, 4) is 22.4 Å². The van der Waals surface area contributed by atoms with Gasteiger partial charge in [-0.25, -0.2) is 9.50 Å². The molecule has 0 bridgehead atoms. The van der Waals surface area contributed by atoms with E-state index >= 15 is 0 Å². The summed E-state index contributed by atoms with van der Waals surface area (Å²) in [6, 6.07) is 25.7. The molecule has 0 spiro atoms. The molecule has 11 nitrogen and oxygen atoms in total. The molecule has 3 aromatic heterocycles. The Kier molecular flexibility index (Phi) is 10.2. The van der Waals surface area contributed by atoms with Gasteiger partial charge in [-0.2, -0.15) is 10.1 Å². The van der Waals surface area contributed by atoms with Gasteiger partial charge >= 0.3 is 0 Å². The van der Waals surface area contributed by atoms with Crippen LogP contribution >= 0.6 is 0 Å². The van der Waals surface area contributed by atoms with Crippen molar-refractivity contribution in [2.45, 2.75) is 90.0 Å².